The summed E-state index contributed by atoms with van der Waals surface area (Å²) < 4.78 is 0. The molecule has 0 spiro atoms. The molecule has 1 fully saturated rings. The fraction of sp³-hybridized carbons (Fsp3) is 0.562. The van der Waals surface area contributed by atoms with Crippen molar-refractivity contribution in [2.45, 2.75) is 40.0 Å². The first kappa shape index (κ1) is 13.1. The molecule has 1 aliphatic rings. The fourth-order valence-electron chi connectivity index (χ4n) is 2.73. The number of carbonyl (C=O) groups is 1. The molecule has 0 aliphatic carbocycles. The summed E-state index contributed by atoms with van der Waals surface area (Å²) in [4.78, 5) is 14.3. The Bertz CT molecular complexity index is 439. The normalized spacial score (nSPS) is 19.9. The van der Waals surface area contributed by atoms with Crippen LogP contribution >= 0.6 is 0 Å². The SMILES string of the molecule is Cc1ccc(CC(=O)N2CCCC(C)C2)c(C)c1. The molecule has 0 aromatic heterocycles. The maximum Gasteiger partial charge on any atom is 0.227 e. The molecule has 1 aromatic carbocycles. The molecule has 1 atom stereocenters. The Morgan fingerprint density at radius 3 is 2.83 bits per heavy atom. The summed E-state index contributed by atoms with van der Waals surface area (Å²) in [5, 5.41) is 0. The van der Waals surface area contributed by atoms with Crippen molar-refractivity contribution in [3.05, 3.63) is 34.9 Å². The van der Waals surface area contributed by atoms with Crippen molar-refractivity contribution in [1.29, 1.82) is 0 Å². The number of benzene rings is 1. The molecule has 2 heteroatoms. The van der Waals surface area contributed by atoms with Crippen LogP contribution in [0.5, 0.6) is 0 Å². The number of rotatable bonds is 2. The smallest absolute Gasteiger partial charge is 0.227 e. The van der Waals surface area contributed by atoms with Crippen molar-refractivity contribution < 1.29 is 4.79 Å². The van der Waals surface area contributed by atoms with Crippen LogP contribution in [0.4, 0.5) is 0 Å². The Morgan fingerprint density at radius 2 is 2.17 bits per heavy atom. The van der Waals surface area contributed by atoms with E-state index in [1.807, 2.05) is 4.90 Å². The van der Waals surface area contributed by atoms with Gasteiger partial charge >= 0.3 is 0 Å². The topological polar surface area (TPSA) is 20.3 Å². The summed E-state index contributed by atoms with van der Waals surface area (Å²) in [6, 6.07) is 6.34. The molecular formula is C16H23NO. The van der Waals surface area contributed by atoms with Crippen LogP contribution in [-0.2, 0) is 11.2 Å². The van der Waals surface area contributed by atoms with Crippen molar-refractivity contribution in [2.75, 3.05) is 13.1 Å². The average molecular weight is 245 g/mol. The minimum absolute atomic E-state index is 0.286. The molecule has 0 N–H and O–H groups in total. The molecule has 0 bridgehead atoms. The predicted molar refractivity (Wildman–Crippen MR) is 74.6 cm³/mol. The van der Waals surface area contributed by atoms with E-state index < -0.39 is 0 Å². The summed E-state index contributed by atoms with van der Waals surface area (Å²) in [6.45, 7) is 8.29. The maximum atomic E-state index is 12.3. The van der Waals surface area contributed by atoms with Gasteiger partial charge in [-0.25, -0.2) is 0 Å². The molecule has 18 heavy (non-hydrogen) atoms. The molecule has 2 nitrogen and oxygen atoms in total. The Labute approximate surface area is 110 Å². The Balaban J connectivity index is 2.02. The highest BCUT2D eigenvalue weighted by atomic mass is 16.2. The summed E-state index contributed by atoms with van der Waals surface area (Å²) >= 11 is 0. The number of aryl methyl sites for hydroxylation is 2. The molecule has 2 rings (SSSR count). The van der Waals surface area contributed by atoms with E-state index in [-0.39, 0.29) is 5.91 Å². The molecule has 1 aliphatic heterocycles. The molecule has 1 aromatic rings. The van der Waals surface area contributed by atoms with Crippen molar-refractivity contribution in [3.63, 3.8) is 0 Å². The minimum atomic E-state index is 0.286. The third kappa shape index (κ3) is 3.12. The van der Waals surface area contributed by atoms with Gasteiger partial charge in [-0.15, -0.1) is 0 Å². The molecule has 1 saturated heterocycles. The highest BCUT2D eigenvalue weighted by molar-refractivity contribution is 5.79. The second-order valence-electron chi connectivity index (χ2n) is 5.69. The molecule has 1 unspecified atom stereocenters. The maximum absolute atomic E-state index is 12.3. The number of likely N-dealkylation sites (tertiary alicyclic amines) is 1. The number of carbonyl (C=O) groups excluding carboxylic acids is 1. The standard InChI is InChI=1S/C16H23NO/c1-12-6-7-15(14(3)9-12)10-16(18)17-8-4-5-13(2)11-17/h6-7,9,13H,4-5,8,10-11H2,1-3H3. The summed E-state index contributed by atoms with van der Waals surface area (Å²) in [6.07, 6.45) is 2.96. The van der Waals surface area contributed by atoms with Crippen molar-refractivity contribution in [3.8, 4) is 0 Å². The Morgan fingerprint density at radius 1 is 1.39 bits per heavy atom. The first-order chi connectivity index (χ1) is 8.56. The highest BCUT2D eigenvalue weighted by Crippen LogP contribution is 2.18. The van der Waals surface area contributed by atoms with Crippen molar-refractivity contribution in [2.24, 2.45) is 5.92 Å². The van der Waals surface area contributed by atoms with Crippen molar-refractivity contribution in [1.82, 2.24) is 4.90 Å². The van der Waals surface area contributed by atoms with Crippen LogP contribution in [0.1, 0.15) is 36.5 Å². The van der Waals surface area contributed by atoms with E-state index >= 15 is 0 Å². The van der Waals surface area contributed by atoms with Gasteiger partial charge in [-0.05, 0) is 43.7 Å². The molecule has 1 heterocycles. The van der Waals surface area contributed by atoms with Gasteiger partial charge in [0.25, 0.3) is 0 Å². The number of hydrogen-bond donors (Lipinski definition) is 0. The van der Waals surface area contributed by atoms with Gasteiger partial charge in [-0.1, -0.05) is 30.7 Å². The molecule has 0 radical (unpaired) electrons. The van der Waals surface area contributed by atoms with E-state index in [9.17, 15) is 4.79 Å². The van der Waals surface area contributed by atoms with E-state index in [0.717, 1.165) is 19.5 Å². The van der Waals surface area contributed by atoms with E-state index in [0.29, 0.717) is 12.3 Å². The van der Waals surface area contributed by atoms with E-state index in [2.05, 4.69) is 39.0 Å². The number of piperidine rings is 1. The quantitative estimate of drug-likeness (QED) is 0.784. The first-order valence-electron chi connectivity index (χ1n) is 6.90. The zero-order valence-electron chi connectivity index (χ0n) is 11.7. The van der Waals surface area contributed by atoms with Gasteiger partial charge in [0.05, 0.1) is 6.42 Å². The molecule has 0 saturated carbocycles. The minimum Gasteiger partial charge on any atom is -0.342 e. The first-order valence-corrected chi connectivity index (χ1v) is 6.90. The lowest BCUT2D eigenvalue weighted by Crippen LogP contribution is -2.40. The Kier molecular flexibility index (Phi) is 4.05. The fourth-order valence-corrected chi connectivity index (χ4v) is 2.73. The van der Waals surface area contributed by atoms with Crippen LogP contribution in [0.25, 0.3) is 0 Å². The molecule has 98 valence electrons. The summed E-state index contributed by atoms with van der Waals surface area (Å²) in [5.74, 6) is 0.940. The van der Waals surface area contributed by atoms with Gasteiger partial charge in [-0.2, -0.15) is 0 Å². The van der Waals surface area contributed by atoms with Crippen LogP contribution in [0.15, 0.2) is 18.2 Å². The van der Waals surface area contributed by atoms with Crippen LogP contribution in [0, 0.1) is 19.8 Å². The number of nitrogens with zero attached hydrogens (tertiary/aromatic N) is 1. The van der Waals surface area contributed by atoms with Gasteiger partial charge in [0.1, 0.15) is 0 Å². The highest BCUT2D eigenvalue weighted by Gasteiger charge is 2.21. The number of hydrogen-bond acceptors (Lipinski definition) is 1. The van der Waals surface area contributed by atoms with Crippen LogP contribution in [-0.4, -0.2) is 23.9 Å². The van der Waals surface area contributed by atoms with E-state index in [1.54, 1.807) is 0 Å². The van der Waals surface area contributed by atoms with Gasteiger partial charge < -0.3 is 4.90 Å². The predicted octanol–water partition coefficient (Wildman–Crippen LogP) is 3.10. The summed E-state index contributed by atoms with van der Waals surface area (Å²) in [5.41, 5.74) is 3.66. The molecule has 1 amide bonds. The van der Waals surface area contributed by atoms with Gasteiger partial charge in [0.15, 0.2) is 0 Å². The van der Waals surface area contributed by atoms with E-state index in [4.69, 9.17) is 0 Å². The van der Waals surface area contributed by atoms with Gasteiger partial charge in [0, 0.05) is 13.1 Å². The lowest BCUT2D eigenvalue weighted by molar-refractivity contribution is -0.132. The largest absolute Gasteiger partial charge is 0.342 e. The third-order valence-electron chi connectivity index (χ3n) is 3.85. The Hall–Kier alpha value is -1.31. The second-order valence-corrected chi connectivity index (χ2v) is 5.69. The zero-order chi connectivity index (χ0) is 13.1. The lowest BCUT2D eigenvalue weighted by Gasteiger charge is -2.31. The van der Waals surface area contributed by atoms with Gasteiger partial charge in [-0.3, -0.25) is 4.79 Å². The van der Waals surface area contributed by atoms with Crippen molar-refractivity contribution >= 4 is 5.91 Å². The molecular weight excluding hydrogens is 222 g/mol. The van der Waals surface area contributed by atoms with Crippen LogP contribution < -0.4 is 0 Å². The average Bonchev–Trinajstić information content (AvgIpc) is 2.32. The van der Waals surface area contributed by atoms with Crippen LogP contribution in [0.2, 0.25) is 0 Å². The zero-order valence-corrected chi connectivity index (χ0v) is 11.7. The van der Waals surface area contributed by atoms with Gasteiger partial charge in [0.2, 0.25) is 5.91 Å². The number of amides is 1. The van der Waals surface area contributed by atoms with Crippen LogP contribution in [0.3, 0.4) is 0 Å². The third-order valence-corrected chi connectivity index (χ3v) is 3.85. The summed E-state index contributed by atoms with van der Waals surface area (Å²) in [7, 11) is 0. The second kappa shape index (κ2) is 5.55. The van der Waals surface area contributed by atoms with E-state index in [1.165, 1.54) is 23.1 Å². The lowest BCUT2D eigenvalue weighted by atomic mass is 9.98. The monoisotopic (exact) mass is 245 g/mol.